The number of fused-ring (bicyclic) bond motifs is 1. The van der Waals surface area contributed by atoms with Crippen LogP contribution in [0, 0.1) is 0 Å². The van der Waals surface area contributed by atoms with Crippen molar-refractivity contribution < 1.29 is 13.9 Å². The van der Waals surface area contributed by atoms with E-state index in [2.05, 4.69) is 15.5 Å². The molecule has 1 amide bonds. The molecule has 0 atom stereocenters. The molecule has 2 N–H and O–H groups in total. The molecule has 0 aliphatic heterocycles. The first-order chi connectivity index (χ1) is 13.6. The van der Waals surface area contributed by atoms with Gasteiger partial charge in [0.2, 0.25) is 0 Å². The largest absolute Gasteiger partial charge is 0.497 e. The van der Waals surface area contributed by atoms with Gasteiger partial charge >= 0.3 is 0 Å². The van der Waals surface area contributed by atoms with Crippen molar-refractivity contribution in [2.45, 2.75) is 6.42 Å². The molecule has 0 spiro atoms. The molecular weight excluding hydrogens is 358 g/mol. The lowest BCUT2D eigenvalue weighted by atomic mass is 10.0. The average molecular weight is 375 g/mol. The van der Waals surface area contributed by atoms with Crippen molar-refractivity contribution in [3.05, 3.63) is 88.2 Å². The lowest BCUT2D eigenvalue weighted by Crippen LogP contribution is -2.14. The molecule has 0 saturated heterocycles. The van der Waals surface area contributed by atoms with Crippen molar-refractivity contribution in [1.82, 2.24) is 10.2 Å². The third kappa shape index (κ3) is 3.50. The SMILES string of the molecule is COc1cccc(Cc2n[nH]c(=O)c3cc(NC(=O)c4ccco4)ccc23)c1. The zero-order chi connectivity index (χ0) is 19.5. The smallest absolute Gasteiger partial charge is 0.291 e. The second-order valence-corrected chi connectivity index (χ2v) is 6.22. The van der Waals surface area contributed by atoms with E-state index in [4.69, 9.17) is 9.15 Å². The number of hydrogen-bond donors (Lipinski definition) is 2. The Bertz CT molecular complexity index is 1200. The molecule has 4 rings (SSSR count). The Labute approximate surface area is 160 Å². The van der Waals surface area contributed by atoms with Crippen molar-refractivity contribution >= 4 is 22.4 Å². The number of furan rings is 1. The van der Waals surface area contributed by atoms with Crippen LogP contribution >= 0.6 is 0 Å². The van der Waals surface area contributed by atoms with E-state index in [-0.39, 0.29) is 17.2 Å². The Hall–Kier alpha value is -3.87. The number of anilines is 1. The van der Waals surface area contributed by atoms with Crippen LogP contribution in [0.1, 0.15) is 21.8 Å². The maximum absolute atomic E-state index is 12.3. The zero-order valence-electron chi connectivity index (χ0n) is 15.1. The van der Waals surface area contributed by atoms with Gasteiger partial charge in [-0.3, -0.25) is 9.59 Å². The summed E-state index contributed by atoms with van der Waals surface area (Å²) >= 11 is 0. The van der Waals surface area contributed by atoms with E-state index < -0.39 is 0 Å². The molecule has 0 aliphatic carbocycles. The van der Waals surface area contributed by atoms with Gasteiger partial charge in [0, 0.05) is 17.5 Å². The molecule has 0 radical (unpaired) electrons. The first kappa shape index (κ1) is 17.5. The molecular formula is C21H17N3O4. The number of ether oxygens (including phenoxy) is 1. The number of methoxy groups -OCH3 is 1. The Kier molecular flexibility index (Phi) is 4.63. The first-order valence-electron chi connectivity index (χ1n) is 8.63. The summed E-state index contributed by atoms with van der Waals surface area (Å²) in [6.07, 6.45) is 1.96. The highest BCUT2D eigenvalue weighted by atomic mass is 16.5. The molecule has 0 fully saturated rings. The fraction of sp³-hybridized carbons (Fsp3) is 0.0952. The molecule has 0 unspecified atom stereocenters. The molecule has 2 aromatic carbocycles. The summed E-state index contributed by atoms with van der Waals surface area (Å²) in [5, 5.41) is 10.6. The van der Waals surface area contributed by atoms with Gasteiger partial charge < -0.3 is 14.5 Å². The van der Waals surface area contributed by atoms with Crippen LogP contribution in [0.5, 0.6) is 5.75 Å². The van der Waals surface area contributed by atoms with Gasteiger partial charge in [0.05, 0.1) is 24.5 Å². The summed E-state index contributed by atoms with van der Waals surface area (Å²) in [4.78, 5) is 24.4. The van der Waals surface area contributed by atoms with Gasteiger partial charge in [-0.1, -0.05) is 18.2 Å². The van der Waals surface area contributed by atoms with Gasteiger partial charge in [-0.05, 0) is 42.0 Å². The van der Waals surface area contributed by atoms with E-state index in [1.807, 2.05) is 24.3 Å². The summed E-state index contributed by atoms with van der Waals surface area (Å²) in [5.74, 6) is 0.572. The average Bonchev–Trinajstić information content (AvgIpc) is 3.25. The number of rotatable bonds is 5. The lowest BCUT2D eigenvalue weighted by Gasteiger charge is -2.09. The topological polar surface area (TPSA) is 97.2 Å². The minimum atomic E-state index is -0.383. The Balaban J connectivity index is 1.67. The number of carbonyl (C=O) groups excluding carboxylic acids is 1. The molecule has 0 saturated carbocycles. The van der Waals surface area contributed by atoms with Gasteiger partial charge in [0.15, 0.2) is 5.76 Å². The number of H-pyrrole nitrogens is 1. The molecule has 140 valence electrons. The molecule has 7 heteroatoms. The number of aromatic nitrogens is 2. The maximum atomic E-state index is 12.3. The summed E-state index contributed by atoms with van der Waals surface area (Å²) in [7, 11) is 1.62. The second kappa shape index (κ2) is 7.40. The summed E-state index contributed by atoms with van der Waals surface area (Å²) in [6.45, 7) is 0. The summed E-state index contributed by atoms with van der Waals surface area (Å²) in [5.41, 5.74) is 1.92. The number of nitrogens with one attached hydrogen (secondary N) is 2. The van der Waals surface area contributed by atoms with E-state index in [0.29, 0.717) is 17.5 Å². The molecule has 28 heavy (non-hydrogen) atoms. The van der Waals surface area contributed by atoms with Gasteiger partial charge in [-0.25, -0.2) is 5.10 Å². The minimum absolute atomic E-state index is 0.197. The fourth-order valence-corrected chi connectivity index (χ4v) is 3.01. The molecule has 2 aromatic heterocycles. The van der Waals surface area contributed by atoms with Crippen LogP contribution in [-0.4, -0.2) is 23.2 Å². The molecule has 7 nitrogen and oxygen atoms in total. The molecule has 0 aliphatic rings. The third-order valence-electron chi connectivity index (χ3n) is 4.38. The van der Waals surface area contributed by atoms with Crippen LogP contribution in [0.4, 0.5) is 5.69 Å². The third-order valence-corrected chi connectivity index (χ3v) is 4.38. The maximum Gasteiger partial charge on any atom is 0.291 e. The number of amides is 1. The fourth-order valence-electron chi connectivity index (χ4n) is 3.01. The monoisotopic (exact) mass is 375 g/mol. The quantitative estimate of drug-likeness (QED) is 0.557. The van der Waals surface area contributed by atoms with E-state index in [9.17, 15) is 9.59 Å². The highest BCUT2D eigenvalue weighted by Gasteiger charge is 2.12. The van der Waals surface area contributed by atoms with Gasteiger partial charge in [-0.15, -0.1) is 0 Å². The number of carbonyl (C=O) groups is 1. The van der Waals surface area contributed by atoms with E-state index in [1.165, 1.54) is 6.26 Å². The van der Waals surface area contributed by atoms with Crippen LogP contribution in [-0.2, 0) is 6.42 Å². The van der Waals surface area contributed by atoms with Crippen molar-refractivity contribution in [1.29, 1.82) is 0 Å². The lowest BCUT2D eigenvalue weighted by molar-refractivity contribution is 0.0996. The Morgan fingerprint density at radius 1 is 1.14 bits per heavy atom. The normalized spacial score (nSPS) is 10.8. The number of hydrogen-bond acceptors (Lipinski definition) is 5. The Morgan fingerprint density at radius 3 is 2.82 bits per heavy atom. The van der Waals surface area contributed by atoms with E-state index in [1.54, 1.807) is 37.4 Å². The van der Waals surface area contributed by atoms with Crippen molar-refractivity contribution in [3.63, 3.8) is 0 Å². The Morgan fingerprint density at radius 2 is 2.04 bits per heavy atom. The molecule has 2 heterocycles. The number of aromatic amines is 1. The second-order valence-electron chi connectivity index (χ2n) is 6.22. The highest BCUT2D eigenvalue weighted by molar-refractivity contribution is 6.03. The number of nitrogens with zero attached hydrogens (tertiary/aromatic N) is 1. The van der Waals surface area contributed by atoms with Crippen LogP contribution in [0.15, 0.2) is 70.1 Å². The minimum Gasteiger partial charge on any atom is -0.497 e. The van der Waals surface area contributed by atoms with Crippen molar-refractivity contribution in [2.75, 3.05) is 12.4 Å². The van der Waals surface area contributed by atoms with Crippen LogP contribution in [0.25, 0.3) is 10.8 Å². The predicted octanol–water partition coefficient (Wildman–Crippen LogP) is 3.37. The van der Waals surface area contributed by atoms with Gasteiger partial charge in [0.25, 0.3) is 11.5 Å². The standard InChI is InChI=1S/C21H17N3O4/c1-27-15-5-2-4-13(10-15)11-18-16-8-7-14(12-17(16)20(25)24-23-18)22-21(26)19-6-3-9-28-19/h2-10,12H,11H2,1H3,(H,22,26)(H,24,25). The summed E-state index contributed by atoms with van der Waals surface area (Å²) < 4.78 is 10.3. The van der Waals surface area contributed by atoms with Crippen molar-refractivity contribution in [2.24, 2.45) is 0 Å². The van der Waals surface area contributed by atoms with Crippen LogP contribution in [0.3, 0.4) is 0 Å². The number of benzene rings is 2. The highest BCUT2D eigenvalue weighted by Crippen LogP contribution is 2.22. The van der Waals surface area contributed by atoms with Crippen molar-refractivity contribution in [3.8, 4) is 5.75 Å². The predicted molar refractivity (Wildman–Crippen MR) is 105 cm³/mol. The summed E-state index contributed by atoms with van der Waals surface area (Å²) in [6, 6.07) is 16.0. The zero-order valence-corrected chi connectivity index (χ0v) is 15.1. The van der Waals surface area contributed by atoms with Crippen LogP contribution in [0.2, 0.25) is 0 Å². The van der Waals surface area contributed by atoms with Gasteiger partial charge in [-0.2, -0.15) is 5.10 Å². The first-order valence-corrected chi connectivity index (χ1v) is 8.63. The van der Waals surface area contributed by atoms with E-state index in [0.717, 1.165) is 22.4 Å². The molecule has 4 aromatic rings. The van der Waals surface area contributed by atoms with Gasteiger partial charge in [0.1, 0.15) is 5.75 Å². The van der Waals surface area contributed by atoms with E-state index >= 15 is 0 Å². The van der Waals surface area contributed by atoms with Crippen LogP contribution < -0.4 is 15.6 Å². The molecule has 0 bridgehead atoms.